The van der Waals surface area contributed by atoms with Crippen LogP contribution in [0.1, 0.15) is 12.8 Å². The number of nitrogens with zero attached hydrogens (tertiary/aromatic N) is 1. The highest BCUT2D eigenvalue weighted by molar-refractivity contribution is 14.1. The zero-order valence-electron chi connectivity index (χ0n) is 8.62. The average molecular weight is 351 g/mol. The predicted octanol–water partition coefficient (Wildman–Crippen LogP) is 2.40. The van der Waals surface area contributed by atoms with Gasteiger partial charge in [0.2, 0.25) is 5.91 Å². The highest BCUT2D eigenvalue weighted by atomic mass is 127. The molecule has 1 aromatic carbocycles. The van der Waals surface area contributed by atoms with Crippen LogP contribution in [0.15, 0.2) is 18.2 Å². The molecule has 1 heterocycles. The molecule has 1 unspecified atom stereocenters. The zero-order chi connectivity index (χ0) is 11.7. The molecule has 1 aliphatic heterocycles. The highest BCUT2D eigenvalue weighted by Crippen LogP contribution is 2.28. The number of anilines is 1. The van der Waals surface area contributed by atoms with Gasteiger partial charge in [-0.1, -0.05) is 11.6 Å². The molecule has 1 saturated heterocycles. The third-order valence-corrected chi connectivity index (χ3v) is 3.78. The Morgan fingerprint density at radius 3 is 2.94 bits per heavy atom. The van der Waals surface area contributed by atoms with Crippen LogP contribution in [0.4, 0.5) is 5.69 Å². The second kappa shape index (κ2) is 4.89. The number of amides is 1. The Morgan fingerprint density at radius 2 is 2.25 bits per heavy atom. The first-order valence-corrected chi connectivity index (χ1v) is 6.57. The molecule has 1 aliphatic rings. The molecule has 0 aliphatic carbocycles. The number of halogens is 2. The largest absolute Gasteiger partial charge is 0.320 e. The van der Waals surface area contributed by atoms with Crippen molar-refractivity contribution >= 4 is 45.8 Å². The number of nitrogens with two attached hydrogens (primary N) is 1. The topological polar surface area (TPSA) is 46.3 Å². The van der Waals surface area contributed by atoms with Crippen molar-refractivity contribution in [3.8, 4) is 0 Å². The molecule has 0 spiro atoms. The fourth-order valence-electron chi connectivity index (χ4n) is 1.84. The zero-order valence-corrected chi connectivity index (χ0v) is 11.5. The molecule has 3 nitrogen and oxygen atoms in total. The van der Waals surface area contributed by atoms with Crippen LogP contribution in [0.5, 0.6) is 0 Å². The predicted molar refractivity (Wildman–Crippen MR) is 73.7 cm³/mol. The van der Waals surface area contributed by atoms with Crippen molar-refractivity contribution in [2.24, 2.45) is 5.73 Å². The van der Waals surface area contributed by atoms with E-state index >= 15 is 0 Å². The van der Waals surface area contributed by atoms with Crippen LogP contribution in [0.2, 0.25) is 5.02 Å². The summed E-state index contributed by atoms with van der Waals surface area (Å²) in [7, 11) is 0. The second-order valence-corrected chi connectivity index (χ2v) is 5.43. The maximum atomic E-state index is 11.9. The lowest BCUT2D eigenvalue weighted by Crippen LogP contribution is -2.48. The van der Waals surface area contributed by atoms with Gasteiger partial charge in [-0.05, 0) is 53.6 Å². The molecule has 86 valence electrons. The van der Waals surface area contributed by atoms with Gasteiger partial charge in [-0.15, -0.1) is 0 Å². The van der Waals surface area contributed by atoms with Gasteiger partial charge in [0.15, 0.2) is 0 Å². The Morgan fingerprint density at radius 1 is 1.50 bits per heavy atom. The van der Waals surface area contributed by atoms with Gasteiger partial charge in [-0.3, -0.25) is 4.79 Å². The van der Waals surface area contributed by atoms with Crippen molar-refractivity contribution in [3.05, 3.63) is 26.8 Å². The average Bonchev–Trinajstić information content (AvgIpc) is 2.23. The van der Waals surface area contributed by atoms with E-state index < -0.39 is 0 Å². The van der Waals surface area contributed by atoms with Gasteiger partial charge in [0.25, 0.3) is 0 Å². The molecule has 1 amide bonds. The molecule has 0 radical (unpaired) electrons. The number of carbonyl (C=O) groups is 1. The van der Waals surface area contributed by atoms with Crippen LogP contribution >= 0.6 is 34.2 Å². The summed E-state index contributed by atoms with van der Waals surface area (Å²) in [6.45, 7) is 0.740. The quantitative estimate of drug-likeness (QED) is 0.791. The van der Waals surface area contributed by atoms with Crippen molar-refractivity contribution in [3.63, 3.8) is 0 Å². The van der Waals surface area contributed by atoms with E-state index in [1.807, 2.05) is 12.1 Å². The molecule has 1 atom stereocenters. The van der Waals surface area contributed by atoms with Gasteiger partial charge in [-0.2, -0.15) is 0 Å². The van der Waals surface area contributed by atoms with Gasteiger partial charge >= 0.3 is 0 Å². The first-order chi connectivity index (χ1) is 7.59. The van der Waals surface area contributed by atoms with Gasteiger partial charge in [0, 0.05) is 15.1 Å². The van der Waals surface area contributed by atoms with E-state index in [0.29, 0.717) is 5.02 Å². The molecule has 1 fully saturated rings. The molecule has 2 N–H and O–H groups in total. The Bertz CT molecular complexity index is 424. The van der Waals surface area contributed by atoms with Crippen LogP contribution in [-0.2, 0) is 4.79 Å². The number of hydrogen-bond donors (Lipinski definition) is 1. The molecule has 2 rings (SSSR count). The summed E-state index contributed by atoms with van der Waals surface area (Å²) in [5.74, 6) is 0.00601. The second-order valence-electron chi connectivity index (χ2n) is 3.83. The smallest absolute Gasteiger partial charge is 0.243 e. The monoisotopic (exact) mass is 350 g/mol. The summed E-state index contributed by atoms with van der Waals surface area (Å²) in [5.41, 5.74) is 6.67. The number of rotatable bonds is 1. The van der Waals surface area contributed by atoms with Crippen molar-refractivity contribution in [2.45, 2.75) is 18.9 Å². The van der Waals surface area contributed by atoms with Crippen LogP contribution in [0.25, 0.3) is 0 Å². The first-order valence-electron chi connectivity index (χ1n) is 5.11. The molecule has 16 heavy (non-hydrogen) atoms. The van der Waals surface area contributed by atoms with Crippen molar-refractivity contribution in [1.82, 2.24) is 0 Å². The van der Waals surface area contributed by atoms with E-state index in [2.05, 4.69) is 22.6 Å². The Labute approximate surface area is 113 Å². The third kappa shape index (κ3) is 2.33. The van der Waals surface area contributed by atoms with E-state index in [1.54, 1.807) is 11.0 Å². The number of carbonyl (C=O) groups excluding carboxylic acids is 1. The molecule has 1 aromatic rings. The fraction of sp³-hybridized carbons (Fsp3) is 0.364. The fourth-order valence-corrected chi connectivity index (χ4v) is 3.01. The molecule has 0 aromatic heterocycles. The van der Waals surface area contributed by atoms with Crippen LogP contribution in [0, 0.1) is 3.57 Å². The molecule has 5 heteroatoms. The van der Waals surface area contributed by atoms with Gasteiger partial charge in [0.05, 0.1) is 11.7 Å². The van der Waals surface area contributed by atoms with E-state index in [0.717, 1.165) is 28.6 Å². The summed E-state index contributed by atoms with van der Waals surface area (Å²) in [4.78, 5) is 13.7. The maximum absolute atomic E-state index is 11.9. The molecular formula is C11H12ClIN2O. The summed E-state index contributed by atoms with van der Waals surface area (Å²) < 4.78 is 0.979. The van der Waals surface area contributed by atoms with Gasteiger partial charge in [-0.25, -0.2) is 0 Å². The summed E-state index contributed by atoms with van der Waals surface area (Å²) in [6.07, 6.45) is 1.73. The Kier molecular flexibility index (Phi) is 3.71. The normalized spacial score (nSPS) is 21.3. The van der Waals surface area contributed by atoms with E-state index in [4.69, 9.17) is 17.3 Å². The van der Waals surface area contributed by atoms with E-state index in [1.165, 1.54) is 0 Å². The highest BCUT2D eigenvalue weighted by Gasteiger charge is 2.27. The van der Waals surface area contributed by atoms with E-state index in [9.17, 15) is 4.79 Å². The lowest BCUT2D eigenvalue weighted by atomic mass is 10.1. The minimum atomic E-state index is -0.361. The number of piperidine rings is 1. The molecular weight excluding hydrogens is 338 g/mol. The van der Waals surface area contributed by atoms with Gasteiger partial charge in [0.1, 0.15) is 0 Å². The molecule has 0 bridgehead atoms. The lowest BCUT2D eigenvalue weighted by Gasteiger charge is -2.31. The minimum Gasteiger partial charge on any atom is -0.320 e. The standard InChI is InChI=1S/C11H12ClIN2O/c12-7-3-4-10(8(13)6-7)15-5-1-2-9(14)11(15)16/h3-4,6,9H,1-2,5,14H2. The Balaban J connectivity index is 2.32. The molecule has 0 saturated carbocycles. The summed E-state index contributed by atoms with van der Waals surface area (Å²) in [5, 5.41) is 0.682. The van der Waals surface area contributed by atoms with Crippen LogP contribution in [0.3, 0.4) is 0 Å². The van der Waals surface area contributed by atoms with Crippen molar-refractivity contribution in [1.29, 1.82) is 0 Å². The lowest BCUT2D eigenvalue weighted by molar-refractivity contribution is -0.120. The van der Waals surface area contributed by atoms with Crippen LogP contribution in [-0.4, -0.2) is 18.5 Å². The number of hydrogen-bond acceptors (Lipinski definition) is 2. The Hall–Kier alpha value is -0.330. The van der Waals surface area contributed by atoms with Crippen molar-refractivity contribution in [2.75, 3.05) is 11.4 Å². The van der Waals surface area contributed by atoms with Gasteiger partial charge < -0.3 is 10.6 Å². The summed E-state index contributed by atoms with van der Waals surface area (Å²) >= 11 is 8.07. The van der Waals surface area contributed by atoms with E-state index in [-0.39, 0.29) is 11.9 Å². The minimum absolute atomic E-state index is 0.00601. The summed E-state index contributed by atoms with van der Waals surface area (Å²) in [6, 6.07) is 5.16. The first kappa shape index (κ1) is 12.1. The van der Waals surface area contributed by atoms with Crippen LogP contribution < -0.4 is 10.6 Å². The SMILES string of the molecule is NC1CCCN(c2ccc(Cl)cc2I)C1=O. The maximum Gasteiger partial charge on any atom is 0.243 e. The third-order valence-electron chi connectivity index (χ3n) is 2.68. The van der Waals surface area contributed by atoms with Crippen molar-refractivity contribution < 1.29 is 4.79 Å². The number of benzene rings is 1.